The van der Waals surface area contributed by atoms with Crippen molar-refractivity contribution in [3.63, 3.8) is 0 Å². The predicted molar refractivity (Wildman–Crippen MR) is 159 cm³/mol. The Morgan fingerprint density at radius 3 is 2.20 bits per heavy atom. The lowest BCUT2D eigenvalue weighted by molar-refractivity contribution is -0.140. The Morgan fingerprint density at radius 1 is 0.950 bits per heavy atom. The van der Waals surface area contributed by atoms with Crippen molar-refractivity contribution in [1.82, 2.24) is 10.2 Å². The fourth-order valence-corrected chi connectivity index (χ4v) is 6.13. The van der Waals surface area contributed by atoms with Gasteiger partial charge in [-0.2, -0.15) is 0 Å². The van der Waals surface area contributed by atoms with E-state index in [2.05, 4.69) is 5.32 Å². The second kappa shape index (κ2) is 14.1. The molecule has 2 amide bonds. The topological polar surface area (TPSA) is 96.0 Å². The van der Waals surface area contributed by atoms with Crippen LogP contribution >= 0.6 is 34.8 Å². The second-order valence-electron chi connectivity index (χ2n) is 8.66. The molecule has 1 N–H and O–H groups in total. The minimum atomic E-state index is -4.28. The SMILES string of the molecule is CCOc1ccccc1N(CC(=O)N(Cc1ccc(Cl)cc1Cl)[C@H](CC)C(=O)NC)S(=O)(=O)c1ccc(Cl)cc1. The third kappa shape index (κ3) is 7.40. The smallest absolute Gasteiger partial charge is 0.264 e. The number of carbonyl (C=O) groups excluding carboxylic acids is 2. The van der Waals surface area contributed by atoms with Crippen LogP contribution in [0.3, 0.4) is 0 Å². The van der Waals surface area contributed by atoms with Crippen molar-refractivity contribution < 1.29 is 22.7 Å². The van der Waals surface area contributed by atoms with E-state index in [0.717, 1.165) is 4.31 Å². The van der Waals surface area contributed by atoms with Crippen LogP contribution in [-0.2, 0) is 26.2 Å². The van der Waals surface area contributed by atoms with Gasteiger partial charge in [-0.1, -0.05) is 59.9 Å². The number of halogens is 3. The summed E-state index contributed by atoms with van der Waals surface area (Å²) in [6.07, 6.45) is 0.274. The van der Waals surface area contributed by atoms with E-state index in [-0.39, 0.29) is 35.9 Å². The van der Waals surface area contributed by atoms with Crippen LogP contribution in [0.5, 0.6) is 5.75 Å². The number of hydrogen-bond donors (Lipinski definition) is 1. The first-order chi connectivity index (χ1) is 19.0. The number of carbonyl (C=O) groups is 2. The quantitative estimate of drug-likeness (QED) is 0.274. The Hall–Kier alpha value is -2.98. The van der Waals surface area contributed by atoms with E-state index in [0.29, 0.717) is 20.6 Å². The Bertz CT molecular complexity index is 1450. The number of nitrogens with one attached hydrogen (secondary N) is 1. The molecular formula is C28H30Cl3N3O5S. The first kappa shape index (κ1) is 31.5. The summed E-state index contributed by atoms with van der Waals surface area (Å²) in [7, 11) is -2.81. The van der Waals surface area contributed by atoms with Crippen LogP contribution in [0, 0.1) is 0 Å². The molecule has 1 atom stereocenters. The number of nitrogens with zero attached hydrogens (tertiary/aromatic N) is 2. The van der Waals surface area contributed by atoms with Gasteiger partial charge < -0.3 is 15.0 Å². The van der Waals surface area contributed by atoms with Crippen molar-refractivity contribution in [3.8, 4) is 5.75 Å². The Morgan fingerprint density at radius 2 is 1.60 bits per heavy atom. The van der Waals surface area contributed by atoms with Crippen LogP contribution in [0.2, 0.25) is 15.1 Å². The van der Waals surface area contributed by atoms with Crippen molar-refractivity contribution in [1.29, 1.82) is 0 Å². The molecule has 0 fully saturated rings. The Labute approximate surface area is 249 Å². The molecule has 40 heavy (non-hydrogen) atoms. The van der Waals surface area contributed by atoms with Crippen LogP contribution < -0.4 is 14.4 Å². The van der Waals surface area contributed by atoms with Crippen LogP contribution in [0.15, 0.2) is 71.6 Å². The fourth-order valence-electron chi connectivity index (χ4n) is 4.11. The molecule has 3 aromatic rings. The number of likely N-dealkylation sites (N-methyl/N-ethyl adjacent to an activating group) is 1. The van der Waals surface area contributed by atoms with Gasteiger partial charge in [0.05, 0.1) is 17.2 Å². The van der Waals surface area contributed by atoms with E-state index in [4.69, 9.17) is 39.5 Å². The number of rotatable bonds is 12. The molecule has 8 nitrogen and oxygen atoms in total. The van der Waals surface area contributed by atoms with Crippen molar-refractivity contribution in [2.45, 2.75) is 37.8 Å². The molecule has 0 heterocycles. The highest BCUT2D eigenvalue weighted by molar-refractivity contribution is 7.92. The average Bonchev–Trinajstić information content (AvgIpc) is 2.93. The summed E-state index contributed by atoms with van der Waals surface area (Å²) in [5.74, 6) is -0.742. The van der Waals surface area contributed by atoms with Crippen molar-refractivity contribution in [3.05, 3.63) is 87.4 Å². The predicted octanol–water partition coefficient (Wildman–Crippen LogP) is 5.79. The van der Waals surface area contributed by atoms with E-state index in [1.165, 1.54) is 42.3 Å². The molecule has 0 saturated heterocycles. The molecule has 0 saturated carbocycles. The largest absolute Gasteiger partial charge is 0.492 e. The summed E-state index contributed by atoms with van der Waals surface area (Å²) in [6.45, 7) is 3.13. The van der Waals surface area contributed by atoms with Gasteiger partial charge in [-0.3, -0.25) is 13.9 Å². The molecule has 0 aliphatic heterocycles. The zero-order valence-electron chi connectivity index (χ0n) is 22.2. The molecule has 0 aliphatic carbocycles. The minimum absolute atomic E-state index is 0.0529. The molecule has 12 heteroatoms. The summed E-state index contributed by atoms with van der Waals surface area (Å²) >= 11 is 18.5. The lowest BCUT2D eigenvalue weighted by Crippen LogP contribution is -2.51. The third-order valence-corrected chi connectivity index (χ3v) is 8.72. The van der Waals surface area contributed by atoms with Gasteiger partial charge in [0, 0.05) is 28.7 Å². The summed E-state index contributed by atoms with van der Waals surface area (Å²) in [6, 6.07) is 16.1. The normalized spacial score (nSPS) is 11.9. The van der Waals surface area contributed by atoms with Crippen molar-refractivity contribution in [2.75, 3.05) is 24.5 Å². The molecule has 0 spiro atoms. The number of hydrogen-bond acceptors (Lipinski definition) is 5. The molecule has 0 bridgehead atoms. The fraction of sp³-hybridized carbons (Fsp3) is 0.286. The van der Waals surface area contributed by atoms with Crippen LogP contribution in [0.1, 0.15) is 25.8 Å². The van der Waals surface area contributed by atoms with Gasteiger partial charge in [0.15, 0.2) is 0 Å². The first-order valence-electron chi connectivity index (χ1n) is 12.5. The highest BCUT2D eigenvalue weighted by Gasteiger charge is 2.34. The van der Waals surface area contributed by atoms with Gasteiger partial charge in [0.25, 0.3) is 10.0 Å². The molecule has 214 valence electrons. The number of anilines is 1. The Balaban J connectivity index is 2.13. The second-order valence-corrected chi connectivity index (χ2v) is 11.8. The third-order valence-electron chi connectivity index (χ3n) is 6.10. The van der Waals surface area contributed by atoms with Crippen LogP contribution in [0.25, 0.3) is 0 Å². The molecule has 3 aromatic carbocycles. The van der Waals surface area contributed by atoms with Gasteiger partial charge in [0.2, 0.25) is 11.8 Å². The Kier molecular flexibility index (Phi) is 11.1. The summed E-state index contributed by atoms with van der Waals surface area (Å²) in [4.78, 5) is 28.1. The van der Waals surface area contributed by atoms with Crippen LogP contribution in [-0.4, -0.2) is 51.4 Å². The number of amides is 2. The van der Waals surface area contributed by atoms with Crippen molar-refractivity contribution >= 4 is 62.3 Å². The summed E-state index contributed by atoms with van der Waals surface area (Å²) in [5, 5.41) is 3.67. The van der Waals surface area contributed by atoms with Gasteiger partial charge in [0.1, 0.15) is 18.3 Å². The van der Waals surface area contributed by atoms with Gasteiger partial charge in [-0.15, -0.1) is 0 Å². The zero-order chi connectivity index (χ0) is 29.4. The van der Waals surface area contributed by atoms with Crippen molar-refractivity contribution in [2.24, 2.45) is 0 Å². The van der Waals surface area contributed by atoms with E-state index < -0.39 is 34.4 Å². The number of ether oxygens (including phenoxy) is 1. The first-order valence-corrected chi connectivity index (χ1v) is 15.1. The lowest BCUT2D eigenvalue weighted by Gasteiger charge is -2.33. The van der Waals surface area contributed by atoms with Gasteiger partial charge >= 0.3 is 0 Å². The molecule has 0 aromatic heterocycles. The van der Waals surface area contributed by atoms with E-state index in [1.54, 1.807) is 50.2 Å². The molecule has 0 radical (unpaired) electrons. The highest BCUT2D eigenvalue weighted by atomic mass is 35.5. The summed E-state index contributed by atoms with van der Waals surface area (Å²) < 4.78 is 34.7. The maximum absolute atomic E-state index is 14.0. The maximum atomic E-state index is 14.0. The molecule has 3 rings (SSSR count). The van der Waals surface area contributed by atoms with E-state index in [1.807, 2.05) is 0 Å². The highest BCUT2D eigenvalue weighted by Crippen LogP contribution is 2.33. The number of sulfonamides is 1. The van der Waals surface area contributed by atoms with Gasteiger partial charge in [-0.05, 0) is 67.4 Å². The minimum Gasteiger partial charge on any atom is -0.492 e. The van der Waals surface area contributed by atoms with Gasteiger partial charge in [-0.25, -0.2) is 8.42 Å². The monoisotopic (exact) mass is 625 g/mol. The van der Waals surface area contributed by atoms with E-state index in [9.17, 15) is 18.0 Å². The standard InChI is InChI=1S/C28H30Cl3N3O5S/c1-4-24(28(36)32-3)33(17-19-10-11-21(30)16-23(19)31)27(35)18-34(25-8-6-7-9-26(25)39-5-2)40(37,38)22-14-12-20(29)13-15-22/h6-16,24H,4-5,17-18H2,1-3H3,(H,32,36)/t24-/m1/s1. The maximum Gasteiger partial charge on any atom is 0.264 e. The van der Waals surface area contributed by atoms with E-state index >= 15 is 0 Å². The average molecular weight is 627 g/mol. The number of para-hydroxylation sites is 2. The summed E-state index contributed by atoms with van der Waals surface area (Å²) in [5.41, 5.74) is 0.716. The molecular weight excluding hydrogens is 597 g/mol. The zero-order valence-corrected chi connectivity index (χ0v) is 25.3. The van der Waals surface area contributed by atoms with Crippen LogP contribution in [0.4, 0.5) is 5.69 Å². The molecule has 0 unspecified atom stereocenters. The number of benzene rings is 3. The molecule has 0 aliphatic rings. The lowest BCUT2D eigenvalue weighted by atomic mass is 10.1.